The zero-order valence-electron chi connectivity index (χ0n) is 15.7. The van der Waals surface area contributed by atoms with E-state index in [0.717, 1.165) is 42.6 Å². The first-order chi connectivity index (χ1) is 14.0. The van der Waals surface area contributed by atoms with E-state index in [1.807, 2.05) is 6.07 Å². The number of carbonyl (C=O) groups is 2. The van der Waals surface area contributed by atoms with Gasteiger partial charge < -0.3 is 10.7 Å². The topological polar surface area (TPSA) is 126 Å². The molecule has 1 aromatic carbocycles. The molecule has 1 fully saturated rings. The van der Waals surface area contributed by atoms with Crippen molar-refractivity contribution in [1.29, 1.82) is 0 Å². The van der Waals surface area contributed by atoms with E-state index in [9.17, 15) is 14.4 Å². The summed E-state index contributed by atoms with van der Waals surface area (Å²) >= 11 is 0. The number of imide groups is 1. The minimum atomic E-state index is -0.604. The van der Waals surface area contributed by atoms with Gasteiger partial charge in [-0.3, -0.25) is 29.2 Å². The number of nitrogens with zero attached hydrogens (tertiary/aromatic N) is 3. The number of rotatable bonds is 3. The summed E-state index contributed by atoms with van der Waals surface area (Å²) in [6, 6.07) is 6.46. The molecule has 0 radical (unpaired) electrons. The van der Waals surface area contributed by atoms with Crippen LogP contribution in [0.2, 0.25) is 0 Å². The standard InChI is InChI=1S/C20H20N6O3/c21-18-17-12(19(28)24-20(17)29)9-16(27)26(18)11-4-5-13-14(8-11)23-15(22-13)10-25-6-2-1-3-7-25/h4-5,8-9H,1-3,6-7,10,21H2,(H,22,23)(H,24,28,29). The Morgan fingerprint density at radius 3 is 2.62 bits per heavy atom. The maximum Gasteiger partial charge on any atom is 0.262 e. The molecule has 0 spiro atoms. The van der Waals surface area contributed by atoms with E-state index in [0.29, 0.717) is 5.69 Å². The van der Waals surface area contributed by atoms with Crippen LogP contribution in [0.5, 0.6) is 0 Å². The SMILES string of the molecule is Nc1c2c(cc(=O)n1-c1ccc3nc(CN4CCCCC4)[nH]c3c1)C(=O)NC2=O. The Hall–Kier alpha value is -3.46. The Bertz CT molecular complexity index is 1220. The van der Waals surface area contributed by atoms with Gasteiger partial charge in [0.15, 0.2) is 0 Å². The maximum absolute atomic E-state index is 12.6. The van der Waals surface area contributed by atoms with Gasteiger partial charge in [-0.15, -0.1) is 0 Å². The molecule has 0 aliphatic carbocycles. The Balaban J connectivity index is 1.54. The summed E-state index contributed by atoms with van der Waals surface area (Å²) in [6.45, 7) is 2.90. The van der Waals surface area contributed by atoms with Crippen molar-refractivity contribution < 1.29 is 9.59 Å². The molecule has 9 heteroatoms. The zero-order chi connectivity index (χ0) is 20.1. The number of carbonyl (C=O) groups excluding carboxylic acids is 2. The molecule has 148 valence electrons. The van der Waals surface area contributed by atoms with E-state index >= 15 is 0 Å². The minimum absolute atomic E-state index is 0.0141. The van der Waals surface area contributed by atoms with Gasteiger partial charge in [0.1, 0.15) is 11.6 Å². The molecule has 3 aromatic rings. The van der Waals surface area contributed by atoms with Crippen LogP contribution < -0.4 is 16.6 Å². The molecule has 0 atom stereocenters. The molecular formula is C20H20N6O3. The lowest BCUT2D eigenvalue weighted by Gasteiger charge is -2.25. The van der Waals surface area contributed by atoms with Crippen LogP contribution in [0.1, 0.15) is 45.8 Å². The summed E-state index contributed by atoms with van der Waals surface area (Å²) in [4.78, 5) is 46.8. The highest BCUT2D eigenvalue weighted by Crippen LogP contribution is 2.24. The van der Waals surface area contributed by atoms with Gasteiger partial charge in [0, 0.05) is 6.07 Å². The molecule has 4 heterocycles. The summed E-state index contributed by atoms with van der Waals surface area (Å²) in [7, 11) is 0. The van der Waals surface area contributed by atoms with Crippen molar-refractivity contribution in [1.82, 2.24) is 24.8 Å². The number of anilines is 1. The van der Waals surface area contributed by atoms with E-state index < -0.39 is 17.4 Å². The van der Waals surface area contributed by atoms with Gasteiger partial charge >= 0.3 is 0 Å². The van der Waals surface area contributed by atoms with Crippen molar-refractivity contribution in [2.24, 2.45) is 0 Å². The smallest absolute Gasteiger partial charge is 0.262 e. The molecule has 0 unspecified atom stereocenters. The molecule has 4 N–H and O–H groups in total. The highest BCUT2D eigenvalue weighted by Gasteiger charge is 2.31. The third-order valence-corrected chi connectivity index (χ3v) is 5.55. The molecule has 1 saturated heterocycles. The van der Waals surface area contributed by atoms with E-state index in [2.05, 4.69) is 20.2 Å². The number of pyridine rings is 1. The predicted octanol–water partition coefficient (Wildman–Crippen LogP) is 1.17. The van der Waals surface area contributed by atoms with Gasteiger partial charge in [0.2, 0.25) is 0 Å². The minimum Gasteiger partial charge on any atom is -0.384 e. The number of H-pyrrole nitrogens is 1. The van der Waals surface area contributed by atoms with E-state index in [-0.39, 0.29) is 16.9 Å². The maximum atomic E-state index is 12.6. The molecule has 2 aliphatic heterocycles. The van der Waals surface area contributed by atoms with Gasteiger partial charge in [-0.2, -0.15) is 0 Å². The normalized spacial score (nSPS) is 17.0. The third kappa shape index (κ3) is 2.90. The third-order valence-electron chi connectivity index (χ3n) is 5.55. The number of nitrogen functional groups attached to an aromatic ring is 1. The van der Waals surface area contributed by atoms with Crippen LogP contribution in [0.25, 0.3) is 16.7 Å². The summed E-state index contributed by atoms with van der Waals surface area (Å²) < 4.78 is 1.24. The summed E-state index contributed by atoms with van der Waals surface area (Å²) in [5, 5.41) is 2.17. The van der Waals surface area contributed by atoms with E-state index in [1.165, 1.54) is 23.8 Å². The van der Waals surface area contributed by atoms with Crippen molar-refractivity contribution >= 4 is 28.7 Å². The Morgan fingerprint density at radius 1 is 1.03 bits per heavy atom. The molecule has 0 saturated carbocycles. The van der Waals surface area contributed by atoms with Crippen LogP contribution in [0.4, 0.5) is 5.82 Å². The van der Waals surface area contributed by atoms with Crippen molar-refractivity contribution in [2.45, 2.75) is 25.8 Å². The lowest BCUT2D eigenvalue weighted by Crippen LogP contribution is -2.29. The number of amides is 2. The number of piperidine rings is 1. The first kappa shape index (κ1) is 17.6. The van der Waals surface area contributed by atoms with Crippen molar-refractivity contribution in [3.05, 3.63) is 51.6 Å². The predicted molar refractivity (Wildman–Crippen MR) is 107 cm³/mol. The van der Waals surface area contributed by atoms with Gasteiger partial charge in [-0.05, 0) is 44.1 Å². The highest BCUT2D eigenvalue weighted by molar-refractivity contribution is 6.23. The number of nitrogens with two attached hydrogens (primary N) is 1. The molecule has 29 heavy (non-hydrogen) atoms. The number of hydrogen-bond acceptors (Lipinski definition) is 6. The van der Waals surface area contributed by atoms with E-state index in [4.69, 9.17) is 5.73 Å². The number of likely N-dealkylation sites (tertiary alicyclic amines) is 1. The number of imidazole rings is 1. The lowest BCUT2D eigenvalue weighted by molar-refractivity contribution is 0.0880. The Morgan fingerprint density at radius 2 is 1.83 bits per heavy atom. The number of benzene rings is 1. The Kier molecular flexibility index (Phi) is 3.99. The van der Waals surface area contributed by atoms with Crippen molar-refractivity contribution in [2.75, 3.05) is 18.8 Å². The number of hydrogen-bond donors (Lipinski definition) is 3. The fraction of sp³-hybridized carbons (Fsp3) is 0.300. The van der Waals surface area contributed by atoms with Crippen LogP contribution in [-0.4, -0.2) is 44.3 Å². The molecule has 0 bridgehead atoms. The average Bonchev–Trinajstić information content (AvgIpc) is 3.22. The quantitative estimate of drug-likeness (QED) is 0.575. The highest BCUT2D eigenvalue weighted by atomic mass is 16.2. The number of fused-ring (bicyclic) bond motifs is 2. The fourth-order valence-electron chi connectivity index (χ4n) is 4.14. The van der Waals surface area contributed by atoms with Gasteiger partial charge in [0.25, 0.3) is 17.4 Å². The van der Waals surface area contributed by atoms with E-state index in [1.54, 1.807) is 12.1 Å². The molecular weight excluding hydrogens is 372 g/mol. The number of nitrogens with one attached hydrogen (secondary N) is 2. The molecule has 2 aliphatic rings. The molecule has 2 amide bonds. The van der Waals surface area contributed by atoms with Crippen molar-refractivity contribution in [3.63, 3.8) is 0 Å². The first-order valence-corrected chi connectivity index (χ1v) is 9.64. The second-order valence-corrected chi connectivity index (χ2v) is 7.50. The van der Waals surface area contributed by atoms with Crippen LogP contribution >= 0.6 is 0 Å². The fourth-order valence-corrected chi connectivity index (χ4v) is 4.14. The molecule has 9 nitrogen and oxygen atoms in total. The number of aromatic nitrogens is 3. The summed E-state index contributed by atoms with van der Waals surface area (Å²) in [6.07, 6.45) is 3.70. The van der Waals surface area contributed by atoms with Crippen LogP contribution in [0.3, 0.4) is 0 Å². The Labute approximate surface area is 165 Å². The van der Waals surface area contributed by atoms with Crippen molar-refractivity contribution in [3.8, 4) is 5.69 Å². The second kappa shape index (κ2) is 6.56. The summed E-state index contributed by atoms with van der Waals surface area (Å²) in [5.41, 5.74) is 7.76. The zero-order valence-corrected chi connectivity index (χ0v) is 15.7. The van der Waals surface area contributed by atoms with Crippen LogP contribution in [-0.2, 0) is 6.54 Å². The first-order valence-electron chi connectivity index (χ1n) is 9.64. The summed E-state index contributed by atoms with van der Waals surface area (Å²) in [5.74, 6) is -0.378. The van der Waals surface area contributed by atoms with Gasteiger partial charge in [0.05, 0.1) is 34.4 Å². The van der Waals surface area contributed by atoms with Gasteiger partial charge in [-0.1, -0.05) is 6.42 Å². The van der Waals surface area contributed by atoms with Gasteiger partial charge in [-0.25, -0.2) is 4.98 Å². The molecule has 2 aromatic heterocycles. The molecule has 5 rings (SSSR count). The monoisotopic (exact) mass is 392 g/mol. The van der Waals surface area contributed by atoms with Crippen LogP contribution in [0.15, 0.2) is 29.1 Å². The largest absolute Gasteiger partial charge is 0.384 e. The number of aromatic amines is 1. The van der Waals surface area contributed by atoms with Crippen LogP contribution in [0, 0.1) is 0 Å². The lowest BCUT2D eigenvalue weighted by atomic mass is 10.1. The second-order valence-electron chi connectivity index (χ2n) is 7.50. The average molecular weight is 392 g/mol.